The van der Waals surface area contributed by atoms with Gasteiger partial charge in [-0.25, -0.2) is 0 Å². The fourth-order valence-corrected chi connectivity index (χ4v) is 5.48. The molecule has 80 valence electrons. The van der Waals surface area contributed by atoms with Crippen LogP contribution < -0.4 is 0 Å². The van der Waals surface area contributed by atoms with Gasteiger partial charge in [0.2, 0.25) is 0 Å². The largest absolute Gasteiger partial charge is 0.443 e. The summed E-state index contributed by atoms with van der Waals surface area (Å²) in [7, 11) is -2.41. The summed E-state index contributed by atoms with van der Waals surface area (Å²) in [5.41, 5.74) is 0.165. The SMILES string of the molecule is CCO[Si](Cl)(CC(C)(C)C)OCC. The maximum Gasteiger partial charge on any atom is 0.443 e. The van der Waals surface area contributed by atoms with Crippen molar-refractivity contribution in [2.45, 2.75) is 40.7 Å². The summed E-state index contributed by atoms with van der Waals surface area (Å²) in [6.45, 7) is 11.6. The van der Waals surface area contributed by atoms with E-state index >= 15 is 0 Å². The third-order valence-electron chi connectivity index (χ3n) is 1.46. The topological polar surface area (TPSA) is 18.5 Å². The lowest BCUT2D eigenvalue weighted by molar-refractivity contribution is 0.191. The van der Waals surface area contributed by atoms with E-state index in [9.17, 15) is 0 Å². The molecule has 2 nitrogen and oxygen atoms in total. The first kappa shape index (κ1) is 13.4. The van der Waals surface area contributed by atoms with Crippen molar-refractivity contribution in [3.63, 3.8) is 0 Å². The second kappa shape index (κ2) is 5.34. The van der Waals surface area contributed by atoms with Gasteiger partial charge in [0.1, 0.15) is 0 Å². The van der Waals surface area contributed by atoms with Crippen LogP contribution in [-0.2, 0) is 8.85 Å². The van der Waals surface area contributed by atoms with Gasteiger partial charge in [0.05, 0.1) is 0 Å². The molecule has 0 aromatic rings. The minimum absolute atomic E-state index is 0.165. The molecule has 0 aliphatic heterocycles. The summed E-state index contributed by atoms with van der Waals surface area (Å²) >= 11 is 6.32. The Morgan fingerprint density at radius 2 is 1.46 bits per heavy atom. The van der Waals surface area contributed by atoms with Crippen molar-refractivity contribution in [2.24, 2.45) is 5.41 Å². The second-order valence-electron chi connectivity index (χ2n) is 4.26. The molecule has 0 N–H and O–H groups in total. The Labute approximate surface area is 87.5 Å². The predicted octanol–water partition coefficient (Wildman–Crippen LogP) is 3.28. The van der Waals surface area contributed by atoms with Crippen LogP contribution in [0, 0.1) is 5.41 Å². The zero-order valence-corrected chi connectivity index (χ0v) is 11.1. The number of hydrogen-bond acceptors (Lipinski definition) is 2. The van der Waals surface area contributed by atoms with E-state index in [0.717, 1.165) is 6.04 Å². The molecule has 0 aliphatic rings. The Morgan fingerprint density at radius 1 is 1.08 bits per heavy atom. The van der Waals surface area contributed by atoms with Gasteiger partial charge in [0.25, 0.3) is 0 Å². The fraction of sp³-hybridized carbons (Fsp3) is 1.00. The van der Waals surface area contributed by atoms with Crippen molar-refractivity contribution in [3.05, 3.63) is 0 Å². The van der Waals surface area contributed by atoms with E-state index in [-0.39, 0.29) is 5.41 Å². The summed E-state index contributed by atoms with van der Waals surface area (Å²) in [5.74, 6) is 0. The summed E-state index contributed by atoms with van der Waals surface area (Å²) in [4.78, 5) is 0. The van der Waals surface area contributed by atoms with Gasteiger partial charge in [-0.05, 0) is 19.3 Å². The number of rotatable bonds is 5. The van der Waals surface area contributed by atoms with Crippen molar-refractivity contribution in [1.29, 1.82) is 0 Å². The Hall–Kier alpha value is 0.427. The summed E-state index contributed by atoms with van der Waals surface area (Å²) in [6.07, 6.45) is 0. The van der Waals surface area contributed by atoms with Gasteiger partial charge in [0.15, 0.2) is 0 Å². The molecule has 0 spiro atoms. The highest BCUT2D eigenvalue weighted by Crippen LogP contribution is 2.31. The summed E-state index contributed by atoms with van der Waals surface area (Å²) in [5, 5.41) is 0. The third-order valence-corrected chi connectivity index (χ3v) is 5.44. The molecule has 0 saturated carbocycles. The first-order valence-corrected chi connectivity index (χ1v) is 7.83. The van der Waals surface area contributed by atoms with E-state index in [2.05, 4.69) is 20.8 Å². The van der Waals surface area contributed by atoms with Gasteiger partial charge in [0, 0.05) is 19.3 Å². The van der Waals surface area contributed by atoms with E-state index in [4.69, 9.17) is 19.9 Å². The molecule has 0 atom stereocenters. The molecule has 0 fully saturated rings. The molecule has 0 radical (unpaired) electrons. The average molecular weight is 225 g/mol. The Bertz CT molecular complexity index is 139. The van der Waals surface area contributed by atoms with Crippen molar-refractivity contribution in [3.8, 4) is 0 Å². The second-order valence-corrected chi connectivity index (χ2v) is 8.24. The minimum atomic E-state index is -2.41. The molecule has 4 heteroatoms. The number of halogens is 1. The third kappa shape index (κ3) is 6.49. The average Bonchev–Trinajstić information content (AvgIpc) is 1.82. The first-order valence-electron chi connectivity index (χ1n) is 4.80. The highest BCUT2D eigenvalue weighted by molar-refractivity contribution is 7.13. The van der Waals surface area contributed by atoms with Gasteiger partial charge >= 0.3 is 7.87 Å². The normalized spacial score (nSPS) is 13.4. The molecular weight excluding hydrogens is 204 g/mol. The quantitative estimate of drug-likeness (QED) is 0.527. The standard InChI is InChI=1S/C9H21ClO2Si/c1-6-11-13(10,12-7-2)8-9(3,4)5/h6-8H2,1-5H3. The zero-order valence-electron chi connectivity index (χ0n) is 9.32. The van der Waals surface area contributed by atoms with Crippen molar-refractivity contribution < 1.29 is 8.85 Å². The molecule has 0 unspecified atom stereocenters. The van der Waals surface area contributed by atoms with Crippen molar-refractivity contribution >= 4 is 18.9 Å². The van der Waals surface area contributed by atoms with Crippen LogP contribution in [0.25, 0.3) is 0 Å². The van der Waals surface area contributed by atoms with Gasteiger partial charge in [-0.15, -0.1) is 0 Å². The van der Waals surface area contributed by atoms with Crippen LogP contribution in [0.1, 0.15) is 34.6 Å². The Morgan fingerprint density at radius 3 is 1.69 bits per heavy atom. The van der Waals surface area contributed by atoms with E-state index in [1.807, 2.05) is 13.8 Å². The smallest absolute Gasteiger partial charge is 0.383 e. The molecule has 13 heavy (non-hydrogen) atoms. The van der Waals surface area contributed by atoms with Gasteiger partial charge in [-0.3, -0.25) is 0 Å². The maximum absolute atomic E-state index is 6.32. The zero-order chi connectivity index (χ0) is 10.5. The fourth-order valence-electron chi connectivity index (χ4n) is 1.21. The van der Waals surface area contributed by atoms with Crippen LogP contribution >= 0.6 is 11.1 Å². The van der Waals surface area contributed by atoms with E-state index in [0.29, 0.717) is 13.2 Å². The Kier molecular flexibility index (Phi) is 5.52. The van der Waals surface area contributed by atoms with E-state index in [1.54, 1.807) is 0 Å². The van der Waals surface area contributed by atoms with Crippen LogP contribution in [-0.4, -0.2) is 21.1 Å². The van der Waals surface area contributed by atoms with Crippen molar-refractivity contribution in [1.82, 2.24) is 0 Å². The number of hydrogen-bond donors (Lipinski definition) is 0. The summed E-state index contributed by atoms with van der Waals surface area (Å²) < 4.78 is 11.1. The molecule has 0 saturated heterocycles. The molecule has 0 amide bonds. The lowest BCUT2D eigenvalue weighted by atomic mass is 10.0. The Balaban J connectivity index is 4.22. The molecule has 0 aromatic heterocycles. The molecule has 0 aromatic carbocycles. The van der Waals surface area contributed by atoms with E-state index in [1.165, 1.54) is 0 Å². The molecule has 0 aliphatic carbocycles. The highest BCUT2D eigenvalue weighted by atomic mass is 35.6. The van der Waals surface area contributed by atoms with Crippen molar-refractivity contribution in [2.75, 3.05) is 13.2 Å². The first-order chi connectivity index (χ1) is 5.83. The van der Waals surface area contributed by atoms with Crippen LogP contribution in [0.5, 0.6) is 0 Å². The molecule has 0 rings (SSSR count). The van der Waals surface area contributed by atoms with Crippen LogP contribution in [0.2, 0.25) is 6.04 Å². The molecule has 0 heterocycles. The summed E-state index contributed by atoms with van der Waals surface area (Å²) in [6, 6.07) is 0.823. The minimum Gasteiger partial charge on any atom is -0.383 e. The molecular formula is C9H21ClO2Si. The van der Waals surface area contributed by atoms with Gasteiger partial charge in [-0.2, -0.15) is 0 Å². The lowest BCUT2D eigenvalue weighted by Gasteiger charge is -2.29. The maximum atomic E-state index is 6.32. The van der Waals surface area contributed by atoms with E-state index < -0.39 is 7.87 Å². The molecule has 0 bridgehead atoms. The van der Waals surface area contributed by atoms with Crippen LogP contribution in [0.15, 0.2) is 0 Å². The van der Waals surface area contributed by atoms with Crippen LogP contribution in [0.4, 0.5) is 0 Å². The highest BCUT2D eigenvalue weighted by Gasteiger charge is 2.39. The monoisotopic (exact) mass is 224 g/mol. The predicted molar refractivity (Wildman–Crippen MR) is 59.1 cm³/mol. The van der Waals surface area contributed by atoms with Crippen LogP contribution in [0.3, 0.4) is 0 Å². The lowest BCUT2D eigenvalue weighted by Crippen LogP contribution is -2.39. The van der Waals surface area contributed by atoms with Gasteiger partial charge < -0.3 is 8.85 Å². The van der Waals surface area contributed by atoms with Gasteiger partial charge in [-0.1, -0.05) is 31.9 Å².